The number of aromatic nitrogens is 3. The molecule has 2 aliphatic carbocycles. The second-order valence-electron chi connectivity index (χ2n) is 7.45. The maximum absolute atomic E-state index is 12.8. The Morgan fingerprint density at radius 2 is 2.17 bits per heavy atom. The molecule has 126 valence electrons. The van der Waals surface area contributed by atoms with Crippen molar-refractivity contribution in [2.45, 2.75) is 57.9 Å². The molecular weight excluding hydrogens is 308 g/mol. The molecule has 23 heavy (non-hydrogen) atoms. The third-order valence-corrected chi connectivity index (χ3v) is 6.43. The van der Waals surface area contributed by atoms with Gasteiger partial charge in [-0.1, -0.05) is 19.3 Å². The Hall–Kier alpha value is -1.17. The summed E-state index contributed by atoms with van der Waals surface area (Å²) in [5, 5.41) is 7.35. The van der Waals surface area contributed by atoms with E-state index in [0.717, 1.165) is 50.6 Å². The van der Waals surface area contributed by atoms with Gasteiger partial charge >= 0.3 is 0 Å². The zero-order valence-corrected chi connectivity index (χ0v) is 14.6. The Balaban J connectivity index is 1.43. The molecule has 1 aliphatic heterocycles. The van der Waals surface area contributed by atoms with Crippen molar-refractivity contribution in [2.24, 2.45) is 17.8 Å². The molecule has 0 aromatic carbocycles. The van der Waals surface area contributed by atoms with Gasteiger partial charge in [0.25, 0.3) is 0 Å². The lowest BCUT2D eigenvalue weighted by atomic mass is 9.81. The first kappa shape index (κ1) is 15.4. The summed E-state index contributed by atoms with van der Waals surface area (Å²) in [4.78, 5) is 14.9. The molecule has 1 N–H and O–H groups in total. The van der Waals surface area contributed by atoms with Crippen LogP contribution in [0.2, 0.25) is 0 Å². The zero-order valence-electron chi connectivity index (χ0n) is 13.8. The summed E-state index contributed by atoms with van der Waals surface area (Å²) in [6, 6.07) is 0. The van der Waals surface area contributed by atoms with Crippen LogP contribution in [0.5, 0.6) is 0 Å². The number of nitrogens with one attached hydrogen (secondary N) is 1. The van der Waals surface area contributed by atoms with Crippen molar-refractivity contribution < 1.29 is 4.79 Å². The molecule has 3 fully saturated rings. The average molecular weight is 334 g/mol. The van der Waals surface area contributed by atoms with Crippen LogP contribution in [-0.2, 0) is 11.3 Å². The molecular formula is C17H26N4OS. The summed E-state index contributed by atoms with van der Waals surface area (Å²) >= 11 is 5.30. The monoisotopic (exact) mass is 334 g/mol. The third-order valence-electron chi connectivity index (χ3n) is 6.11. The molecule has 1 aromatic rings. The summed E-state index contributed by atoms with van der Waals surface area (Å²) in [6.07, 6.45) is 7.37. The second-order valence-corrected chi connectivity index (χ2v) is 7.84. The molecule has 6 heteroatoms. The summed E-state index contributed by atoms with van der Waals surface area (Å²) in [7, 11) is 0. The Labute approximate surface area is 142 Å². The van der Waals surface area contributed by atoms with Crippen LogP contribution in [0.1, 0.15) is 57.2 Å². The van der Waals surface area contributed by atoms with Crippen LogP contribution in [0.4, 0.5) is 0 Å². The number of nitrogens with zero attached hydrogens (tertiary/aromatic N) is 3. The van der Waals surface area contributed by atoms with Gasteiger partial charge in [-0.3, -0.25) is 9.89 Å². The lowest BCUT2D eigenvalue weighted by Crippen LogP contribution is -2.41. The minimum Gasteiger partial charge on any atom is -0.342 e. The van der Waals surface area contributed by atoms with E-state index in [4.69, 9.17) is 12.2 Å². The molecule has 1 aromatic heterocycles. The van der Waals surface area contributed by atoms with E-state index in [1.165, 1.54) is 19.3 Å². The standard InChI is InChI=1S/C17H26N4OS/c1-2-21-15(18-19-17(21)23)12-7-4-8-20(10-12)16(22)14-9-13(14)11-5-3-6-11/h11-14H,2-10H2,1H3,(H,19,23). The largest absolute Gasteiger partial charge is 0.342 e. The Morgan fingerprint density at radius 1 is 1.35 bits per heavy atom. The number of likely N-dealkylation sites (tertiary alicyclic amines) is 1. The predicted molar refractivity (Wildman–Crippen MR) is 90.6 cm³/mol. The molecule has 1 saturated heterocycles. The lowest BCUT2D eigenvalue weighted by Gasteiger charge is -2.33. The van der Waals surface area contributed by atoms with E-state index in [-0.39, 0.29) is 0 Å². The highest BCUT2D eigenvalue weighted by Gasteiger charge is 2.50. The number of carbonyl (C=O) groups is 1. The molecule has 0 bridgehead atoms. The number of carbonyl (C=O) groups excluding carboxylic acids is 1. The molecule has 1 amide bonds. The Kier molecular flexibility index (Phi) is 4.03. The third kappa shape index (κ3) is 2.75. The van der Waals surface area contributed by atoms with Gasteiger partial charge in [-0.2, -0.15) is 5.10 Å². The SMILES string of the molecule is CCn1c(C2CCCN(C(=O)C3CC3C3CCC3)C2)n[nH]c1=S. The molecule has 0 radical (unpaired) electrons. The fraction of sp³-hybridized carbons (Fsp3) is 0.824. The van der Waals surface area contributed by atoms with Gasteiger partial charge in [-0.25, -0.2) is 0 Å². The number of rotatable bonds is 4. The summed E-state index contributed by atoms with van der Waals surface area (Å²) in [6.45, 7) is 4.66. The van der Waals surface area contributed by atoms with Crippen molar-refractivity contribution in [3.05, 3.63) is 10.6 Å². The van der Waals surface area contributed by atoms with E-state index in [0.29, 0.717) is 28.4 Å². The number of hydrogen-bond acceptors (Lipinski definition) is 3. The highest BCUT2D eigenvalue weighted by molar-refractivity contribution is 7.71. The van der Waals surface area contributed by atoms with Crippen LogP contribution < -0.4 is 0 Å². The summed E-state index contributed by atoms with van der Waals surface area (Å²) in [5.74, 6) is 3.63. The summed E-state index contributed by atoms with van der Waals surface area (Å²) < 4.78 is 2.76. The van der Waals surface area contributed by atoms with Gasteiger partial charge in [0.15, 0.2) is 4.77 Å². The van der Waals surface area contributed by atoms with Gasteiger partial charge in [0.1, 0.15) is 5.82 Å². The fourth-order valence-electron chi connectivity index (χ4n) is 4.46. The van der Waals surface area contributed by atoms with Crippen LogP contribution in [0, 0.1) is 22.5 Å². The molecule has 3 atom stereocenters. The molecule has 3 unspecified atom stereocenters. The summed E-state index contributed by atoms with van der Waals surface area (Å²) in [5.41, 5.74) is 0. The van der Waals surface area contributed by atoms with Crippen LogP contribution in [0.15, 0.2) is 0 Å². The van der Waals surface area contributed by atoms with Crippen molar-refractivity contribution in [1.29, 1.82) is 0 Å². The van der Waals surface area contributed by atoms with E-state index in [1.807, 2.05) is 0 Å². The van der Waals surface area contributed by atoms with Gasteiger partial charge in [-0.15, -0.1) is 0 Å². The number of hydrogen-bond donors (Lipinski definition) is 1. The molecule has 2 heterocycles. The van der Waals surface area contributed by atoms with Crippen molar-refractivity contribution in [1.82, 2.24) is 19.7 Å². The van der Waals surface area contributed by atoms with Gasteiger partial charge in [-0.05, 0) is 50.2 Å². The van der Waals surface area contributed by atoms with E-state index >= 15 is 0 Å². The van der Waals surface area contributed by atoms with E-state index in [1.54, 1.807) is 0 Å². The minimum absolute atomic E-state index is 0.321. The van der Waals surface area contributed by atoms with Crippen molar-refractivity contribution in [3.8, 4) is 0 Å². The highest BCUT2D eigenvalue weighted by Crippen LogP contribution is 2.52. The number of piperidine rings is 1. The normalized spacial score (nSPS) is 31.0. The molecule has 4 rings (SSSR count). The quantitative estimate of drug-likeness (QED) is 0.861. The van der Waals surface area contributed by atoms with Crippen LogP contribution >= 0.6 is 12.2 Å². The first-order valence-electron chi connectivity index (χ1n) is 9.13. The van der Waals surface area contributed by atoms with Crippen molar-refractivity contribution in [3.63, 3.8) is 0 Å². The molecule has 2 saturated carbocycles. The number of aromatic amines is 1. The zero-order chi connectivity index (χ0) is 16.0. The van der Waals surface area contributed by atoms with Gasteiger partial charge < -0.3 is 9.47 Å². The lowest BCUT2D eigenvalue weighted by molar-refractivity contribution is -0.134. The first-order valence-corrected chi connectivity index (χ1v) is 9.53. The van der Waals surface area contributed by atoms with Crippen LogP contribution in [0.3, 0.4) is 0 Å². The van der Waals surface area contributed by atoms with Gasteiger partial charge in [0.05, 0.1) is 0 Å². The van der Waals surface area contributed by atoms with Crippen LogP contribution in [-0.4, -0.2) is 38.7 Å². The van der Waals surface area contributed by atoms with E-state index < -0.39 is 0 Å². The smallest absolute Gasteiger partial charge is 0.226 e. The fourth-order valence-corrected chi connectivity index (χ4v) is 4.73. The average Bonchev–Trinajstić information content (AvgIpc) is 3.19. The maximum atomic E-state index is 12.8. The van der Waals surface area contributed by atoms with E-state index in [9.17, 15) is 4.79 Å². The second kappa shape index (κ2) is 6.04. The van der Waals surface area contributed by atoms with Gasteiger partial charge in [0, 0.05) is 31.5 Å². The van der Waals surface area contributed by atoms with Crippen molar-refractivity contribution >= 4 is 18.1 Å². The number of H-pyrrole nitrogens is 1. The molecule has 0 spiro atoms. The molecule has 5 nitrogen and oxygen atoms in total. The Morgan fingerprint density at radius 3 is 2.87 bits per heavy atom. The Bertz CT molecular complexity index is 647. The van der Waals surface area contributed by atoms with E-state index in [2.05, 4.69) is 26.6 Å². The predicted octanol–water partition coefficient (Wildman–Crippen LogP) is 3.10. The number of amides is 1. The highest BCUT2D eigenvalue weighted by atomic mass is 32.1. The van der Waals surface area contributed by atoms with Crippen LogP contribution in [0.25, 0.3) is 0 Å². The minimum atomic E-state index is 0.321. The first-order chi connectivity index (χ1) is 11.2. The molecule has 3 aliphatic rings. The maximum Gasteiger partial charge on any atom is 0.226 e. The van der Waals surface area contributed by atoms with Gasteiger partial charge in [0.2, 0.25) is 5.91 Å². The topological polar surface area (TPSA) is 53.9 Å². The van der Waals surface area contributed by atoms with Crippen molar-refractivity contribution in [2.75, 3.05) is 13.1 Å².